The molecule has 0 heterocycles. The van der Waals surface area contributed by atoms with E-state index in [-0.39, 0.29) is 43.5 Å². The van der Waals surface area contributed by atoms with Gasteiger partial charge in [-0.1, -0.05) is 96.8 Å². The Kier molecular flexibility index (Phi) is 25.9. The van der Waals surface area contributed by atoms with Gasteiger partial charge in [0.25, 0.3) is 7.82 Å². The Labute approximate surface area is 254 Å². The first-order valence-electron chi connectivity index (χ1n) is 16.1. The molecule has 0 saturated heterocycles. The Balaban J connectivity index is 3.99. The van der Waals surface area contributed by atoms with Crippen LogP contribution in [-0.4, -0.2) is 49.3 Å². The van der Waals surface area contributed by atoms with Crippen molar-refractivity contribution in [1.29, 1.82) is 0 Å². The minimum absolute atomic E-state index is 0.00523. The highest BCUT2D eigenvalue weighted by atomic mass is 31.2. The monoisotopic (exact) mass is 618 g/mol. The molecule has 246 valence electrons. The summed E-state index contributed by atoms with van der Waals surface area (Å²) in [5, 5.41) is 2.50. The summed E-state index contributed by atoms with van der Waals surface area (Å²) in [6.45, 7) is 3.95. The molecule has 0 aliphatic rings. The molecule has 0 spiro atoms. The number of ketones is 2. The molecule has 0 aromatic carbocycles. The van der Waals surface area contributed by atoms with Crippen LogP contribution in [0.4, 0.5) is 0 Å². The molecule has 0 bridgehead atoms. The first-order valence-corrected chi connectivity index (χ1v) is 17.6. The van der Waals surface area contributed by atoms with Crippen molar-refractivity contribution in [1.82, 2.24) is 5.32 Å². The van der Waals surface area contributed by atoms with Gasteiger partial charge in [0.15, 0.2) is 0 Å². The molecule has 0 fully saturated rings. The number of hydrogen-bond acceptors (Lipinski definition) is 9. The van der Waals surface area contributed by atoms with Crippen LogP contribution in [0.5, 0.6) is 0 Å². The van der Waals surface area contributed by atoms with Crippen LogP contribution < -0.4 is 10.2 Å². The van der Waals surface area contributed by atoms with Crippen molar-refractivity contribution in [3.63, 3.8) is 0 Å². The zero-order chi connectivity index (χ0) is 31.5. The van der Waals surface area contributed by atoms with Crippen LogP contribution >= 0.6 is 7.82 Å². The van der Waals surface area contributed by atoms with Crippen LogP contribution in [0.1, 0.15) is 149 Å². The molecule has 0 aromatic heterocycles. The molecule has 11 heteroatoms. The Morgan fingerprint density at radius 2 is 1.24 bits per heavy atom. The number of esters is 1. The van der Waals surface area contributed by atoms with E-state index in [1.165, 1.54) is 84.5 Å². The van der Waals surface area contributed by atoms with Crippen molar-refractivity contribution >= 4 is 31.3 Å². The molecule has 2 atom stereocenters. The predicted octanol–water partition coefficient (Wildman–Crippen LogP) is 6.52. The summed E-state index contributed by atoms with van der Waals surface area (Å²) in [5.41, 5.74) is 0. The largest absolute Gasteiger partial charge is 0.756 e. The van der Waals surface area contributed by atoms with Gasteiger partial charge in [-0.25, -0.2) is 0 Å². The number of carbonyl (C=O) groups excluding carboxylic acids is 4. The van der Waals surface area contributed by atoms with Gasteiger partial charge in [-0.15, -0.1) is 0 Å². The van der Waals surface area contributed by atoms with Gasteiger partial charge in [0.05, 0.1) is 13.2 Å². The maximum Gasteiger partial charge on any atom is 0.302 e. The van der Waals surface area contributed by atoms with Gasteiger partial charge < -0.3 is 28.8 Å². The quantitative estimate of drug-likeness (QED) is 0.0540. The molecule has 42 heavy (non-hydrogen) atoms. The van der Waals surface area contributed by atoms with Crippen LogP contribution in [0.3, 0.4) is 0 Å². The van der Waals surface area contributed by atoms with Gasteiger partial charge >= 0.3 is 5.97 Å². The smallest absolute Gasteiger partial charge is 0.302 e. The van der Waals surface area contributed by atoms with Crippen LogP contribution in [-0.2, 0) is 37.5 Å². The van der Waals surface area contributed by atoms with E-state index in [1.54, 1.807) is 0 Å². The minimum Gasteiger partial charge on any atom is -0.756 e. The fraction of sp³-hybridized carbons (Fsp3) is 0.871. The first-order chi connectivity index (χ1) is 20.1. The van der Waals surface area contributed by atoms with Crippen molar-refractivity contribution < 1.29 is 42.4 Å². The van der Waals surface area contributed by atoms with Gasteiger partial charge in [-0.3, -0.25) is 18.9 Å². The van der Waals surface area contributed by atoms with Crippen LogP contribution in [0.25, 0.3) is 0 Å². The van der Waals surface area contributed by atoms with Crippen LogP contribution in [0.2, 0.25) is 0 Å². The number of phosphoric acid groups is 1. The third kappa shape index (κ3) is 28.5. The topological polar surface area (TPSA) is 148 Å². The van der Waals surface area contributed by atoms with Gasteiger partial charge in [-0.2, -0.15) is 0 Å². The van der Waals surface area contributed by atoms with E-state index in [9.17, 15) is 28.6 Å². The number of ether oxygens (including phenoxy) is 1. The molecule has 0 aliphatic heterocycles. The van der Waals surface area contributed by atoms with E-state index in [2.05, 4.69) is 12.2 Å². The van der Waals surface area contributed by atoms with E-state index >= 15 is 0 Å². The summed E-state index contributed by atoms with van der Waals surface area (Å²) in [4.78, 5) is 58.4. The van der Waals surface area contributed by atoms with Gasteiger partial charge in [0.1, 0.15) is 17.7 Å². The maximum absolute atomic E-state index is 12.4. The van der Waals surface area contributed by atoms with Crippen molar-refractivity contribution in [3.8, 4) is 0 Å². The lowest BCUT2D eigenvalue weighted by Gasteiger charge is -2.25. The summed E-state index contributed by atoms with van der Waals surface area (Å²) in [6, 6.07) is 0. The molecule has 0 radical (unpaired) electrons. The molecule has 0 saturated carbocycles. The van der Waals surface area contributed by atoms with E-state index in [4.69, 9.17) is 13.8 Å². The number of carbonyl (C=O) groups is 4. The summed E-state index contributed by atoms with van der Waals surface area (Å²) >= 11 is 0. The van der Waals surface area contributed by atoms with Crippen molar-refractivity contribution in [2.45, 2.75) is 155 Å². The van der Waals surface area contributed by atoms with E-state index in [0.717, 1.165) is 25.7 Å². The molecule has 10 nitrogen and oxygen atoms in total. The fourth-order valence-electron chi connectivity index (χ4n) is 4.56. The molecule has 1 N–H and O–H groups in total. The number of nitrogens with one attached hydrogen (secondary N) is 1. The molecule has 2 unspecified atom stereocenters. The van der Waals surface area contributed by atoms with Crippen molar-refractivity contribution in [2.24, 2.45) is 0 Å². The molecular weight excluding hydrogens is 561 g/mol. The van der Waals surface area contributed by atoms with Crippen molar-refractivity contribution in [2.75, 3.05) is 19.8 Å². The Morgan fingerprint density at radius 3 is 1.74 bits per heavy atom. The second-order valence-corrected chi connectivity index (χ2v) is 12.6. The number of phosphoric ester groups is 1. The highest BCUT2D eigenvalue weighted by Crippen LogP contribution is 2.38. The standard InChI is InChI=1S/C31H58NO9P/c1-4-5-6-7-8-9-10-11-12-13-14-15-16-17-18-21-29(35)25-30(41-28(3)34)26-40-42(37,38)39-24-23-32-31(36)22-19-20-27(2)33/h30H,4-26H2,1-3H3,(H,32,36)(H,37,38)/p-1. The summed E-state index contributed by atoms with van der Waals surface area (Å²) in [6.07, 6.45) is 18.6. The number of rotatable bonds is 30. The normalized spacial score (nSPS) is 13.3. The van der Waals surface area contributed by atoms with Gasteiger partial charge in [0.2, 0.25) is 5.91 Å². The van der Waals surface area contributed by atoms with Crippen molar-refractivity contribution in [3.05, 3.63) is 0 Å². The van der Waals surface area contributed by atoms with E-state index < -0.39 is 26.5 Å². The lowest BCUT2D eigenvalue weighted by Crippen LogP contribution is -2.29. The van der Waals surface area contributed by atoms with Gasteiger partial charge in [0, 0.05) is 39.2 Å². The highest BCUT2D eigenvalue weighted by Gasteiger charge is 2.20. The highest BCUT2D eigenvalue weighted by molar-refractivity contribution is 7.45. The fourth-order valence-corrected chi connectivity index (χ4v) is 5.30. The third-order valence-corrected chi connectivity index (χ3v) is 7.84. The average Bonchev–Trinajstić information content (AvgIpc) is 2.91. The molecular formula is C31H57NO9P-. The third-order valence-electron chi connectivity index (χ3n) is 6.87. The predicted molar refractivity (Wildman–Crippen MR) is 162 cm³/mol. The second-order valence-electron chi connectivity index (χ2n) is 11.2. The SMILES string of the molecule is CCCCCCCCCCCCCCCCCC(=O)CC(COP(=O)([O-])OCCNC(=O)CCCC(C)=O)OC(C)=O. The Bertz CT molecular complexity index is 790. The summed E-state index contributed by atoms with van der Waals surface area (Å²) in [7, 11) is -4.73. The number of hydrogen-bond donors (Lipinski definition) is 1. The lowest BCUT2D eigenvalue weighted by molar-refractivity contribution is -0.228. The maximum atomic E-state index is 12.4. The molecule has 0 aliphatic carbocycles. The zero-order valence-electron chi connectivity index (χ0n) is 26.5. The van der Waals surface area contributed by atoms with E-state index in [0.29, 0.717) is 19.3 Å². The first kappa shape index (κ1) is 40.4. The molecule has 0 rings (SSSR count). The van der Waals surface area contributed by atoms with E-state index in [1.807, 2.05) is 0 Å². The average molecular weight is 619 g/mol. The second kappa shape index (κ2) is 27.0. The zero-order valence-corrected chi connectivity index (χ0v) is 27.4. The van der Waals surface area contributed by atoms with Crippen LogP contribution in [0, 0.1) is 0 Å². The minimum atomic E-state index is -4.73. The number of Topliss-reactive ketones (excluding diaryl/α,β-unsaturated/α-hetero) is 2. The Morgan fingerprint density at radius 1 is 0.714 bits per heavy atom. The molecule has 0 aromatic rings. The summed E-state index contributed by atoms with van der Waals surface area (Å²) in [5.74, 6) is -1.08. The lowest BCUT2D eigenvalue weighted by atomic mass is 10.0. The number of unbranched alkanes of at least 4 members (excludes halogenated alkanes) is 14. The van der Waals surface area contributed by atoms with Crippen LogP contribution in [0.15, 0.2) is 0 Å². The number of amides is 1. The molecule has 1 amide bonds. The Hall–Kier alpha value is -1.61. The summed E-state index contributed by atoms with van der Waals surface area (Å²) < 4.78 is 26.7. The van der Waals surface area contributed by atoms with Gasteiger partial charge in [-0.05, 0) is 19.8 Å².